The van der Waals surface area contributed by atoms with Gasteiger partial charge in [0.2, 0.25) is 0 Å². The molecule has 0 bridgehead atoms. The van der Waals surface area contributed by atoms with Crippen molar-refractivity contribution < 1.29 is 4.42 Å². The van der Waals surface area contributed by atoms with Gasteiger partial charge in [-0.05, 0) is 41.6 Å². The van der Waals surface area contributed by atoms with Crippen molar-refractivity contribution in [3.8, 4) is 0 Å². The van der Waals surface area contributed by atoms with Gasteiger partial charge in [0.05, 0.1) is 12.3 Å². The van der Waals surface area contributed by atoms with Gasteiger partial charge in [0, 0.05) is 0 Å². The highest BCUT2D eigenvalue weighted by atomic mass is 16.3. The second kappa shape index (κ2) is 6.27. The summed E-state index contributed by atoms with van der Waals surface area (Å²) in [6.07, 6.45) is 2.84. The molecule has 0 aliphatic carbocycles. The minimum Gasteiger partial charge on any atom is -0.467 e. The summed E-state index contributed by atoms with van der Waals surface area (Å²) in [6.45, 7) is 9.87. The van der Waals surface area contributed by atoms with Crippen LogP contribution in [0.3, 0.4) is 0 Å². The van der Waals surface area contributed by atoms with Crippen molar-refractivity contribution in [2.45, 2.75) is 45.6 Å². The summed E-state index contributed by atoms with van der Waals surface area (Å²) in [5, 5.41) is 3.55. The molecule has 0 saturated heterocycles. The summed E-state index contributed by atoms with van der Waals surface area (Å²) in [6, 6.07) is 13.0. The zero-order valence-corrected chi connectivity index (χ0v) is 12.9. The van der Waals surface area contributed by atoms with E-state index < -0.39 is 0 Å². The average molecular weight is 271 g/mol. The molecule has 2 rings (SSSR count). The first-order valence-electron chi connectivity index (χ1n) is 7.39. The molecule has 0 radical (unpaired) electrons. The van der Waals surface area contributed by atoms with Crippen molar-refractivity contribution in [3.63, 3.8) is 0 Å². The monoisotopic (exact) mass is 271 g/mol. The fourth-order valence-corrected chi connectivity index (χ4v) is 2.30. The highest BCUT2D eigenvalue weighted by Gasteiger charge is 2.18. The number of nitrogens with one attached hydrogen (secondary N) is 1. The summed E-state index contributed by atoms with van der Waals surface area (Å²) in [5.74, 6) is 0.974. The van der Waals surface area contributed by atoms with E-state index in [0.717, 1.165) is 18.7 Å². The zero-order valence-electron chi connectivity index (χ0n) is 12.9. The van der Waals surface area contributed by atoms with E-state index in [1.54, 1.807) is 6.26 Å². The third kappa shape index (κ3) is 3.51. The molecule has 108 valence electrons. The quantitative estimate of drug-likeness (QED) is 0.855. The summed E-state index contributed by atoms with van der Waals surface area (Å²) in [5.41, 5.74) is 2.80. The summed E-state index contributed by atoms with van der Waals surface area (Å²) in [7, 11) is 0. The van der Waals surface area contributed by atoms with E-state index >= 15 is 0 Å². The molecule has 1 heterocycles. The number of benzene rings is 1. The topological polar surface area (TPSA) is 25.2 Å². The molecule has 1 aromatic carbocycles. The Morgan fingerprint density at radius 2 is 1.80 bits per heavy atom. The second-order valence-electron chi connectivity index (χ2n) is 6.27. The van der Waals surface area contributed by atoms with Crippen molar-refractivity contribution in [1.82, 2.24) is 5.32 Å². The first-order chi connectivity index (χ1) is 9.52. The highest BCUT2D eigenvalue weighted by molar-refractivity contribution is 5.32. The van der Waals surface area contributed by atoms with E-state index in [1.165, 1.54) is 11.1 Å². The summed E-state index contributed by atoms with van der Waals surface area (Å²) < 4.78 is 5.58. The zero-order chi connectivity index (χ0) is 14.6. The smallest absolute Gasteiger partial charge is 0.125 e. The normalized spacial score (nSPS) is 13.4. The molecule has 1 unspecified atom stereocenters. The Balaban J connectivity index is 2.25. The van der Waals surface area contributed by atoms with Crippen LogP contribution < -0.4 is 5.32 Å². The largest absolute Gasteiger partial charge is 0.467 e. The van der Waals surface area contributed by atoms with E-state index in [9.17, 15) is 0 Å². The van der Waals surface area contributed by atoms with Crippen molar-refractivity contribution in [2.75, 3.05) is 6.54 Å². The van der Waals surface area contributed by atoms with Crippen molar-refractivity contribution >= 4 is 0 Å². The molecule has 1 N–H and O–H groups in total. The van der Waals surface area contributed by atoms with Crippen molar-refractivity contribution in [2.24, 2.45) is 0 Å². The van der Waals surface area contributed by atoms with E-state index in [2.05, 4.69) is 57.3 Å². The maximum atomic E-state index is 5.58. The molecule has 0 spiro atoms. The molecular weight excluding hydrogens is 246 g/mol. The number of furan rings is 1. The first-order valence-corrected chi connectivity index (χ1v) is 7.39. The van der Waals surface area contributed by atoms with Gasteiger partial charge >= 0.3 is 0 Å². The molecule has 0 saturated carbocycles. The van der Waals surface area contributed by atoms with E-state index in [1.807, 2.05) is 12.1 Å². The third-order valence-corrected chi connectivity index (χ3v) is 3.54. The van der Waals surface area contributed by atoms with Crippen LogP contribution in [0.4, 0.5) is 0 Å². The lowest BCUT2D eigenvalue weighted by molar-refractivity contribution is 0.446. The average Bonchev–Trinajstić information content (AvgIpc) is 2.93. The predicted molar refractivity (Wildman–Crippen MR) is 84.0 cm³/mol. The Morgan fingerprint density at radius 3 is 2.30 bits per heavy atom. The Hall–Kier alpha value is -1.54. The number of hydrogen-bond donors (Lipinski definition) is 1. The van der Waals surface area contributed by atoms with Crippen LogP contribution in [0.1, 0.15) is 57.0 Å². The Bertz CT molecular complexity index is 505. The van der Waals surface area contributed by atoms with E-state index in [4.69, 9.17) is 4.42 Å². The fourth-order valence-electron chi connectivity index (χ4n) is 2.30. The maximum Gasteiger partial charge on any atom is 0.125 e. The Morgan fingerprint density at radius 1 is 1.10 bits per heavy atom. The first kappa shape index (κ1) is 14.9. The molecule has 2 aromatic rings. The fraction of sp³-hybridized carbons (Fsp3) is 0.444. The van der Waals surface area contributed by atoms with E-state index in [-0.39, 0.29) is 11.5 Å². The van der Waals surface area contributed by atoms with Crippen molar-refractivity contribution in [3.05, 3.63) is 59.5 Å². The van der Waals surface area contributed by atoms with Crippen molar-refractivity contribution in [1.29, 1.82) is 0 Å². The molecule has 0 aliphatic rings. The lowest BCUT2D eigenvalue weighted by atomic mass is 9.86. The highest BCUT2D eigenvalue weighted by Crippen LogP contribution is 2.27. The SMILES string of the molecule is CCCNC(c1ccc(C(C)(C)C)cc1)c1ccco1. The lowest BCUT2D eigenvalue weighted by Gasteiger charge is -2.21. The Labute approximate surface area is 122 Å². The third-order valence-electron chi connectivity index (χ3n) is 3.54. The molecular formula is C18H25NO. The maximum absolute atomic E-state index is 5.58. The van der Waals surface area contributed by atoms with Gasteiger partial charge in [-0.15, -0.1) is 0 Å². The van der Waals surface area contributed by atoms with Crippen LogP contribution in [-0.2, 0) is 5.41 Å². The van der Waals surface area contributed by atoms with Gasteiger partial charge in [-0.1, -0.05) is 52.0 Å². The molecule has 2 heteroatoms. The predicted octanol–water partition coefficient (Wildman–Crippen LogP) is 4.67. The van der Waals surface area contributed by atoms with Crippen LogP contribution in [0.2, 0.25) is 0 Å². The second-order valence-corrected chi connectivity index (χ2v) is 6.27. The van der Waals surface area contributed by atoms with Gasteiger partial charge in [0.15, 0.2) is 0 Å². The van der Waals surface area contributed by atoms with Crippen LogP contribution in [-0.4, -0.2) is 6.54 Å². The van der Waals surface area contributed by atoms with Crippen LogP contribution in [0.5, 0.6) is 0 Å². The summed E-state index contributed by atoms with van der Waals surface area (Å²) in [4.78, 5) is 0. The lowest BCUT2D eigenvalue weighted by Crippen LogP contribution is -2.23. The molecule has 1 atom stereocenters. The molecule has 0 aliphatic heterocycles. The molecule has 2 nitrogen and oxygen atoms in total. The molecule has 0 amide bonds. The van der Waals surface area contributed by atoms with Gasteiger partial charge in [-0.25, -0.2) is 0 Å². The van der Waals surface area contributed by atoms with Gasteiger partial charge in [0.1, 0.15) is 5.76 Å². The molecule has 0 fully saturated rings. The summed E-state index contributed by atoms with van der Waals surface area (Å²) >= 11 is 0. The van der Waals surface area contributed by atoms with Gasteiger partial charge in [0.25, 0.3) is 0 Å². The Kier molecular flexibility index (Phi) is 4.66. The van der Waals surface area contributed by atoms with Crippen LogP contribution >= 0.6 is 0 Å². The van der Waals surface area contributed by atoms with Crippen LogP contribution in [0.25, 0.3) is 0 Å². The molecule has 1 aromatic heterocycles. The van der Waals surface area contributed by atoms with E-state index in [0.29, 0.717) is 0 Å². The van der Waals surface area contributed by atoms with Gasteiger partial charge < -0.3 is 9.73 Å². The standard InChI is InChI=1S/C18H25NO/c1-5-12-19-17(16-7-6-13-20-16)14-8-10-15(11-9-14)18(2,3)4/h6-11,13,17,19H,5,12H2,1-4H3. The van der Waals surface area contributed by atoms with Gasteiger partial charge in [-0.3, -0.25) is 0 Å². The molecule has 20 heavy (non-hydrogen) atoms. The number of hydrogen-bond acceptors (Lipinski definition) is 2. The van der Waals surface area contributed by atoms with Crippen LogP contribution in [0, 0.1) is 0 Å². The van der Waals surface area contributed by atoms with Crippen LogP contribution in [0.15, 0.2) is 47.1 Å². The minimum absolute atomic E-state index is 0.138. The van der Waals surface area contributed by atoms with Gasteiger partial charge in [-0.2, -0.15) is 0 Å². The number of rotatable bonds is 5. The minimum atomic E-state index is 0.138.